The molecule has 6 heteroatoms. The van der Waals surface area contributed by atoms with E-state index in [0.717, 1.165) is 11.1 Å². The van der Waals surface area contributed by atoms with E-state index in [9.17, 15) is 9.59 Å². The highest BCUT2D eigenvalue weighted by Crippen LogP contribution is 2.24. The van der Waals surface area contributed by atoms with Crippen LogP contribution in [0.1, 0.15) is 38.8 Å². The molecule has 0 spiro atoms. The third-order valence-electron chi connectivity index (χ3n) is 4.44. The zero-order valence-electron chi connectivity index (χ0n) is 16.3. The van der Waals surface area contributed by atoms with Crippen molar-refractivity contribution in [3.8, 4) is 0 Å². The molecule has 1 heterocycles. The molecule has 3 aromatic rings. The number of ether oxygens (including phenoxy) is 1. The van der Waals surface area contributed by atoms with Crippen molar-refractivity contribution in [1.29, 1.82) is 0 Å². The topological polar surface area (TPSA) is 59.5 Å². The SMILES string of the molecule is CCOC(=O)c1ccc(N(Cc2ccncc2)C(=O)c2ccc(C)c(Cl)c2)cc1. The third-order valence-corrected chi connectivity index (χ3v) is 4.85. The number of pyridine rings is 1. The van der Waals surface area contributed by atoms with Crippen molar-refractivity contribution in [1.82, 2.24) is 4.98 Å². The molecule has 5 nitrogen and oxygen atoms in total. The van der Waals surface area contributed by atoms with Gasteiger partial charge in [0.2, 0.25) is 0 Å². The van der Waals surface area contributed by atoms with E-state index < -0.39 is 5.97 Å². The van der Waals surface area contributed by atoms with E-state index in [1.807, 2.05) is 25.1 Å². The van der Waals surface area contributed by atoms with Crippen LogP contribution in [0.4, 0.5) is 5.69 Å². The Morgan fingerprint density at radius 1 is 1.00 bits per heavy atom. The maximum atomic E-state index is 13.3. The first-order valence-corrected chi connectivity index (χ1v) is 9.61. The van der Waals surface area contributed by atoms with Crippen LogP contribution in [-0.2, 0) is 11.3 Å². The summed E-state index contributed by atoms with van der Waals surface area (Å²) in [5, 5.41) is 0.539. The first-order valence-electron chi connectivity index (χ1n) is 9.23. The fourth-order valence-corrected chi connectivity index (χ4v) is 3.01. The van der Waals surface area contributed by atoms with E-state index in [2.05, 4.69) is 4.98 Å². The molecule has 3 rings (SSSR count). The number of anilines is 1. The first kappa shape index (κ1) is 20.6. The molecule has 0 N–H and O–H groups in total. The molecule has 0 radical (unpaired) electrons. The normalized spacial score (nSPS) is 10.4. The molecule has 0 unspecified atom stereocenters. The number of hydrogen-bond donors (Lipinski definition) is 0. The number of benzene rings is 2. The number of esters is 1. The molecular weight excluding hydrogens is 388 g/mol. The monoisotopic (exact) mass is 408 g/mol. The molecular formula is C23H21ClN2O3. The Bertz CT molecular complexity index is 1000. The van der Waals surface area contributed by atoms with Gasteiger partial charge >= 0.3 is 5.97 Å². The lowest BCUT2D eigenvalue weighted by Gasteiger charge is -2.23. The van der Waals surface area contributed by atoms with Gasteiger partial charge in [0.15, 0.2) is 0 Å². The van der Waals surface area contributed by atoms with Gasteiger partial charge in [-0.15, -0.1) is 0 Å². The van der Waals surface area contributed by atoms with Crippen molar-refractivity contribution in [3.05, 3.63) is 94.3 Å². The van der Waals surface area contributed by atoms with Crippen LogP contribution in [0.25, 0.3) is 0 Å². The zero-order valence-corrected chi connectivity index (χ0v) is 17.0. The number of amides is 1. The van der Waals surface area contributed by atoms with Crippen LogP contribution in [0.3, 0.4) is 0 Å². The van der Waals surface area contributed by atoms with E-state index >= 15 is 0 Å². The van der Waals surface area contributed by atoms with Crippen LogP contribution in [0.2, 0.25) is 5.02 Å². The molecule has 0 fully saturated rings. The molecule has 148 valence electrons. The molecule has 2 aromatic carbocycles. The molecule has 0 bridgehead atoms. The van der Waals surface area contributed by atoms with E-state index in [0.29, 0.717) is 35.0 Å². The minimum atomic E-state index is -0.392. The number of rotatable bonds is 6. The molecule has 0 aliphatic rings. The second kappa shape index (κ2) is 9.34. The van der Waals surface area contributed by atoms with Gasteiger partial charge < -0.3 is 9.64 Å². The van der Waals surface area contributed by atoms with Crippen LogP contribution in [0, 0.1) is 6.92 Å². The summed E-state index contributed by atoms with van der Waals surface area (Å²) in [6, 6.07) is 15.8. The fourth-order valence-electron chi connectivity index (χ4n) is 2.82. The van der Waals surface area contributed by atoms with Gasteiger partial charge in [0.1, 0.15) is 0 Å². The average Bonchev–Trinajstić information content (AvgIpc) is 2.74. The highest BCUT2D eigenvalue weighted by molar-refractivity contribution is 6.31. The van der Waals surface area contributed by atoms with Crippen molar-refractivity contribution in [2.45, 2.75) is 20.4 Å². The highest BCUT2D eigenvalue weighted by Gasteiger charge is 2.20. The van der Waals surface area contributed by atoms with Gasteiger partial charge in [0, 0.05) is 28.7 Å². The quantitative estimate of drug-likeness (QED) is 0.534. The number of hydrogen-bond acceptors (Lipinski definition) is 4. The maximum Gasteiger partial charge on any atom is 0.338 e. The molecule has 1 aromatic heterocycles. The summed E-state index contributed by atoms with van der Waals surface area (Å²) in [5.74, 6) is -0.580. The maximum absolute atomic E-state index is 13.3. The van der Waals surface area contributed by atoms with Gasteiger partial charge in [-0.05, 0) is 73.5 Å². The van der Waals surface area contributed by atoms with Gasteiger partial charge in [-0.3, -0.25) is 9.78 Å². The number of carbonyl (C=O) groups excluding carboxylic acids is 2. The lowest BCUT2D eigenvalue weighted by atomic mass is 10.1. The van der Waals surface area contributed by atoms with Crippen molar-refractivity contribution in [3.63, 3.8) is 0 Å². The van der Waals surface area contributed by atoms with Crippen LogP contribution >= 0.6 is 11.6 Å². The Labute approximate surface area is 174 Å². The van der Waals surface area contributed by atoms with Gasteiger partial charge in [-0.2, -0.15) is 0 Å². The Morgan fingerprint density at radius 3 is 2.28 bits per heavy atom. The standard InChI is InChI=1S/C23H21ClN2O3/c1-3-29-23(28)18-6-8-20(9-7-18)26(15-17-10-12-25-13-11-17)22(27)19-5-4-16(2)21(24)14-19/h4-14H,3,15H2,1-2H3. The Morgan fingerprint density at radius 2 is 1.66 bits per heavy atom. The number of nitrogens with zero attached hydrogens (tertiary/aromatic N) is 2. The molecule has 1 amide bonds. The summed E-state index contributed by atoms with van der Waals surface area (Å²) in [4.78, 5) is 30.9. The summed E-state index contributed by atoms with van der Waals surface area (Å²) in [7, 11) is 0. The number of carbonyl (C=O) groups is 2. The summed E-state index contributed by atoms with van der Waals surface area (Å²) >= 11 is 6.22. The van der Waals surface area contributed by atoms with Crippen molar-refractivity contribution >= 4 is 29.2 Å². The third kappa shape index (κ3) is 5.00. The van der Waals surface area contributed by atoms with Gasteiger partial charge in [-0.25, -0.2) is 4.79 Å². The lowest BCUT2D eigenvalue weighted by molar-refractivity contribution is 0.0526. The van der Waals surface area contributed by atoms with E-state index in [1.165, 1.54) is 0 Å². The van der Waals surface area contributed by atoms with E-state index in [1.54, 1.807) is 60.6 Å². The zero-order chi connectivity index (χ0) is 20.8. The second-order valence-electron chi connectivity index (χ2n) is 6.48. The Balaban J connectivity index is 1.95. The van der Waals surface area contributed by atoms with Crippen LogP contribution in [-0.4, -0.2) is 23.5 Å². The smallest absolute Gasteiger partial charge is 0.338 e. The molecule has 0 aliphatic heterocycles. The van der Waals surface area contributed by atoms with Gasteiger partial charge in [0.25, 0.3) is 5.91 Å². The molecule has 0 saturated carbocycles. The Kier molecular flexibility index (Phi) is 6.62. The lowest BCUT2D eigenvalue weighted by Crippen LogP contribution is -2.30. The van der Waals surface area contributed by atoms with Crippen LogP contribution < -0.4 is 4.90 Å². The first-order chi connectivity index (χ1) is 14.0. The summed E-state index contributed by atoms with van der Waals surface area (Å²) in [6.07, 6.45) is 3.37. The van der Waals surface area contributed by atoms with E-state index in [4.69, 9.17) is 16.3 Å². The highest BCUT2D eigenvalue weighted by atomic mass is 35.5. The van der Waals surface area contributed by atoms with Gasteiger partial charge in [0.05, 0.1) is 18.7 Å². The molecule has 0 aliphatic carbocycles. The number of halogens is 1. The largest absolute Gasteiger partial charge is 0.462 e. The average molecular weight is 409 g/mol. The predicted molar refractivity (Wildman–Crippen MR) is 113 cm³/mol. The minimum absolute atomic E-state index is 0.187. The Hall–Kier alpha value is -3.18. The molecule has 0 saturated heterocycles. The summed E-state index contributed by atoms with van der Waals surface area (Å²) in [6.45, 7) is 4.31. The molecule has 29 heavy (non-hydrogen) atoms. The van der Waals surface area contributed by atoms with E-state index in [-0.39, 0.29) is 5.91 Å². The van der Waals surface area contributed by atoms with Crippen LogP contribution in [0.15, 0.2) is 67.0 Å². The second-order valence-corrected chi connectivity index (χ2v) is 6.89. The summed E-state index contributed by atoms with van der Waals surface area (Å²) in [5.41, 5.74) is 3.43. The van der Waals surface area contributed by atoms with Crippen molar-refractivity contribution < 1.29 is 14.3 Å². The fraction of sp³-hybridized carbons (Fsp3) is 0.174. The van der Waals surface area contributed by atoms with Crippen molar-refractivity contribution in [2.75, 3.05) is 11.5 Å². The number of aryl methyl sites for hydroxylation is 1. The number of aromatic nitrogens is 1. The van der Waals surface area contributed by atoms with Gasteiger partial charge in [-0.1, -0.05) is 17.7 Å². The van der Waals surface area contributed by atoms with Crippen LogP contribution in [0.5, 0.6) is 0 Å². The van der Waals surface area contributed by atoms with Crippen molar-refractivity contribution in [2.24, 2.45) is 0 Å². The predicted octanol–water partition coefficient (Wildman–Crippen LogP) is 5.07. The summed E-state index contributed by atoms with van der Waals surface area (Å²) < 4.78 is 5.02. The minimum Gasteiger partial charge on any atom is -0.462 e. The molecule has 0 atom stereocenters.